The number of aryl methyl sites for hydroxylation is 1. The van der Waals surface area contributed by atoms with E-state index in [-0.39, 0.29) is 5.91 Å². The molecule has 1 N–H and O–H groups in total. The number of β-amino-alcohol motifs (C(OH)–C–C–N with tert-alkyl or cyclic N) is 1. The van der Waals surface area contributed by atoms with E-state index in [2.05, 4.69) is 14.5 Å². The molecule has 7 nitrogen and oxygen atoms in total. The summed E-state index contributed by atoms with van der Waals surface area (Å²) in [5.74, 6) is 0.573. The first-order valence-corrected chi connectivity index (χ1v) is 7.94. The lowest BCUT2D eigenvalue weighted by atomic mass is 10.2. The van der Waals surface area contributed by atoms with Gasteiger partial charge in [-0.15, -0.1) is 5.10 Å². The van der Waals surface area contributed by atoms with Gasteiger partial charge in [-0.2, -0.15) is 0 Å². The van der Waals surface area contributed by atoms with Crippen LogP contribution in [0.15, 0.2) is 22.8 Å². The normalized spacial score (nSPS) is 17.6. The maximum absolute atomic E-state index is 12.4. The SMILES string of the molecule is Cc1nnsc1C(=O)N1CCN(C[C@H](O)c2ccco2)CC1. The van der Waals surface area contributed by atoms with Crippen LogP contribution in [0.5, 0.6) is 0 Å². The van der Waals surface area contributed by atoms with E-state index < -0.39 is 6.10 Å². The van der Waals surface area contributed by atoms with Crippen LogP contribution in [0.1, 0.15) is 27.2 Å². The average molecular weight is 322 g/mol. The highest BCUT2D eigenvalue weighted by atomic mass is 32.1. The number of hydrogen-bond acceptors (Lipinski definition) is 7. The Hall–Kier alpha value is -1.77. The Balaban J connectivity index is 1.52. The Morgan fingerprint density at radius 2 is 2.23 bits per heavy atom. The molecular formula is C14H18N4O3S. The predicted octanol–water partition coefficient (Wildman–Crippen LogP) is 0.931. The van der Waals surface area contributed by atoms with E-state index in [1.165, 1.54) is 0 Å². The van der Waals surface area contributed by atoms with E-state index in [9.17, 15) is 9.90 Å². The van der Waals surface area contributed by atoms with E-state index in [4.69, 9.17) is 4.42 Å². The fourth-order valence-electron chi connectivity index (χ4n) is 2.52. The molecule has 3 rings (SSSR count). The van der Waals surface area contributed by atoms with Crippen LogP contribution in [0.4, 0.5) is 0 Å². The lowest BCUT2D eigenvalue weighted by Gasteiger charge is -2.35. The molecule has 0 spiro atoms. The third-order valence-electron chi connectivity index (χ3n) is 3.81. The largest absolute Gasteiger partial charge is 0.467 e. The Morgan fingerprint density at radius 3 is 2.82 bits per heavy atom. The molecule has 1 amide bonds. The minimum atomic E-state index is -0.634. The molecule has 8 heteroatoms. The molecule has 118 valence electrons. The number of aromatic nitrogens is 2. The summed E-state index contributed by atoms with van der Waals surface area (Å²) in [4.78, 5) is 16.9. The van der Waals surface area contributed by atoms with Crippen molar-refractivity contribution in [1.29, 1.82) is 0 Å². The van der Waals surface area contributed by atoms with Crippen molar-refractivity contribution in [3.63, 3.8) is 0 Å². The zero-order chi connectivity index (χ0) is 15.5. The summed E-state index contributed by atoms with van der Waals surface area (Å²) in [6.07, 6.45) is 0.922. The standard InChI is InChI=1S/C14H18N4O3S/c1-10-13(22-16-15-10)14(20)18-6-4-17(5-7-18)9-11(19)12-3-2-8-21-12/h2-3,8,11,19H,4-7,9H2,1H3/t11-/m0/s1. The van der Waals surface area contributed by atoms with Crippen LogP contribution >= 0.6 is 11.5 Å². The molecule has 0 unspecified atom stereocenters. The number of hydrogen-bond donors (Lipinski definition) is 1. The second-order valence-corrected chi connectivity index (χ2v) is 6.07. The van der Waals surface area contributed by atoms with Gasteiger partial charge in [0, 0.05) is 32.7 Å². The zero-order valence-corrected chi connectivity index (χ0v) is 13.1. The molecule has 1 atom stereocenters. The summed E-state index contributed by atoms with van der Waals surface area (Å²) < 4.78 is 9.02. The Labute approximate surface area is 132 Å². The van der Waals surface area contributed by atoms with E-state index in [0.29, 0.717) is 36.0 Å². The highest BCUT2D eigenvalue weighted by Gasteiger charge is 2.26. The Kier molecular flexibility index (Phi) is 4.51. The third-order valence-corrected chi connectivity index (χ3v) is 4.62. The number of carbonyl (C=O) groups excluding carboxylic acids is 1. The first kappa shape index (κ1) is 15.1. The fraction of sp³-hybridized carbons (Fsp3) is 0.500. The lowest BCUT2D eigenvalue weighted by Crippen LogP contribution is -2.49. The number of amides is 1. The van der Waals surface area contributed by atoms with Crippen molar-refractivity contribution >= 4 is 17.4 Å². The van der Waals surface area contributed by atoms with Gasteiger partial charge >= 0.3 is 0 Å². The van der Waals surface area contributed by atoms with Crippen LogP contribution in [0.25, 0.3) is 0 Å². The molecule has 0 radical (unpaired) electrons. The summed E-state index contributed by atoms with van der Waals surface area (Å²) in [7, 11) is 0. The van der Waals surface area contributed by atoms with E-state index in [1.54, 1.807) is 25.3 Å². The monoisotopic (exact) mass is 322 g/mol. The van der Waals surface area contributed by atoms with Crippen molar-refractivity contribution in [2.24, 2.45) is 0 Å². The van der Waals surface area contributed by atoms with Gasteiger partial charge in [0.1, 0.15) is 16.7 Å². The molecule has 2 aromatic rings. The predicted molar refractivity (Wildman–Crippen MR) is 80.7 cm³/mol. The van der Waals surface area contributed by atoms with Crippen LogP contribution in [-0.2, 0) is 0 Å². The highest BCUT2D eigenvalue weighted by Crippen LogP contribution is 2.17. The number of nitrogens with zero attached hydrogens (tertiary/aromatic N) is 4. The molecule has 3 heterocycles. The second-order valence-electron chi connectivity index (χ2n) is 5.31. The third kappa shape index (κ3) is 3.18. The maximum atomic E-state index is 12.4. The zero-order valence-electron chi connectivity index (χ0n) is 12.3. The van der Waals surface area contributed by atoms with Crippen LogP contribution in [-0.4, -0.2) is 63.1 Å². The molecule has 0 saturated carbocycles. The van der Waals surface area contributed by atoms with Crippen molar-refractivity contribution in [1.82, 2.24) is 19.4 Å². The number of rotatable bonds is 4. The quantitative estimate of drug-likeness (QED) is 0.902. The number of aliphatic hydroxyl groups is 1. The molecule has 0 aliphatic carbocycles. The van der Waals surface area contributed by atoms with Crippen molar-refractivity contribution in [2.45, 2.75) is 13.0 Å². The minimum Gasteiger partial charge on any atom is -0.467 e. The van der Waals surface area contributed by atoms with E-state index in [1.807, 2.05) is 4.90 Å². The average Bonchev–Trinajstić information content (AvgIpc) is 3.18. The molecule has 22 heavy (non-hydrogen) atoms. The first-order valence-electron chi connectivity index (χ1n) is 7.17. The van der Waals surface area contributed by atoms with Gasteiger partial charge < -0.3 is 14.4 Å². The first-order chi connectivity index (χ1) is 10.6. The maximum Gasteiger partial charge on any atom is 0.267 e. The summed E-state index contributed by atoms with van der Waals surface area (Å²) in [6, 6.07) is 3.53. The van der Waals surface area contributed by atoms with Gasteiger partial charge in [0.2, 0.25) is 0 Å². The summed E-state index contributed by atoms with van der Waals surface area (Å²) in [6.45, 7) is 5.05. The molecule has 1 aliphatic heterocycles. The number of aliphatic hydroxyl groups excluding tert-OH is 1. The molecule has 2 aromatic heterocycles. The van der Waals surface area contributed by atoms with Crippen LogP contribution in [0.2, 0.25) is 0 Å². The summed E-state index contributed by atoms with van der Waals surface area (Å²) >= 11 is 1.14. The van der Waals surface area contributed by atoms with Crippen LogP contribution in [0.3, 0.4) is 0 Å². The highest BCUT2D eigenvalue weighted by molar-refractivity contribution is 7.07. The number of furan rings is 1. The van der Waals surface area contributed by atoms with Gasteiger partial charge in [0.05, 0.1) is 12.0 Å². The number of piperazine rings is 1. The van der Waals surface area contributed by atoms with Crippen molar-refractivity contribution in [3.05, 3.63) is 34.7 Å². The van der Waals surface area contributed by atoms with E-state index >= 15 is 0 Å². The molecule has 0 aromatic carbocycles. The van der Waals surface area contributed by atoms with Crippen molar-refractivity contribution < 1.29 is 14.3 Å². The Morgan fingerprint density at radius 1 is 1.45 bits per heavy atom. The fourth-order valence-corrected chi connectivity index (χ4v) is 3.15. The minimum absolute atomic E-state index is 0.00117. The van der Waals surface area contributed by atoms with Gasteiger partial charge in [-0.1, -0.05) is 4.49 Å². The number of carbonyl (C=O) groups is 1. The van der Waals surface area contributed by atoms with Crippen molar-refractivity contribution in [2.75, 3.05) is 32.7 Å². The summed E-state index contributed by atoms with van der Waals surface area (Å²) in [5, 5.41) is 14.0. The van der Waals surface area contributed by atoms with Gasteiger partial charge in [-0.05, 0) is 30.6 Å². The Bertz CT molecular complexity index is 620. The van der Waals surface area contributed by atoms with Crippen LogP contribution < -0.4 is 0 Å². The molecule has 1 fully saturated rings. The molecule has 1 aliphatic rings. The lowest BCUT2D eigenvalue weighted by molar-refractivity contribution is 0.0488. The van der Waals surface area contributed by atoms with Gasteiger partial charge in [0.15, 0.2) is 0 Å². The smallest absolute Gasteiger partial charge is 0.267 e. The van der Waals surface area contributed by atoms with E-state index in [0.717, 1.165) is 24.6 Å². The summed E-state index contributed by atoms with van der Waals surface area (Å²) in [5.41, 5.74) is 0.686. The van der Waals surface area contributed by atoms with Gasteiger partial charge in [-0.25, -0.2) is 0 Å². The molecular weight excluding hydrogens is 304 g/mol. The molecule has 1 saturated heterocycles. The van der Waals surface area contributed by atoms with Crippen LogP contribution in [0, 0.1) is 6.92 Å². The molecule has 0 bridgehead atoms. The second kappa shape index (κ2) is 6.55. The van der Waals surface area contributed by atoms with Crippen molar-refractivity contribution in [3.8, 4) is 0 Å². The van der Waals surface area contributed by atoms with Gasteiger partial charge in [-0.3, -0.25) is 9.69 Å². The van der Waals surface area contributed by atoms with Gasteiger partial charge in [0.25, 0.3) is 5.91 Å². The topological polar surface area (TPSA) is 82.7 Å².